The molecular weight excluding hydrogens is 393 g/mol. The topological polar surface area (TPSA) is 32.8 Å². The molecule has 0 aromatic heterocycles. The summed E-state index contributed by atoms with van der Waals surface area (Å²) in [7, 11) is 0. The Bertz CT molecular complexity index is 932. The average molecular weight is 416 g/mol. The first-order valence-electron chi connectivity index (χ1n) is 10.3. The summed E-state index contributed by atoms with van der Waals surface area (Å²) in [5, 5.41) is 0. The molecule has 5 rings (SSSR count). The van der Waals surface area contributed by atoms with E-state index in [1.807, 2.05) is 35.2 Å². The van der Waals surface area contributed by atoms with Crippen LogP contribution in [0.25, 0.3) is 0 Å². The number of alkyl halides is 3. The zero-order valence-corrected chi connectivity index (χ0v) is 16.4. The van der Waals surface area contributed by atoms with E-state index in [1.165, 1.54) is 12.1 Å². The van der Waals surface area contributed by atoms with E-state index in [-0.39, 0.29) is 23.6 Å². The van der Waals surface area contributed by atoms with Crippen LogP contribution < -0.4 is 0 Å². The molecule has 0 radical (unpaired) electrons. The van der Waals surface area contributed by atoms with Crippen molar-refractivity contribution in [1.29, 1.82) is 0 Å². The van der Waals surface area contributed by atoms with Crippen LogP contribution in [0.3, 0.4) is 0 Å². The Kier molecular flexibility index (Phi) is 4.63. The Morgan fingerprint density at radius 3 is 2.43 bits per heavy atom. The second-order valence-electron chi connectivity index (χ2n) is 8.39. The number of carbonyl (C=O) groups excluding carboxylic acids is 1. The summed E-state index contributed by atoms with van der Waals surface area (Å²) in [6, 6.07) is 16.5. The van der Waals surface area contributed by atoms with E-state index >= 15 is 0 Å². The third kappa shape index (κ3) is 3.30. The number of halogens is 3. The summed E-state index contributed by atoms with van der Waals surface area (Å²) in [4.78, 5) is 17.1. The fourth-order valence-electron chi connectivity index (χ4n) is 5.27. The second kappa shape index (κ2) is 7.10. The highest BCUT2D eigenvalue weighted by molar-refractivity contribution is 5.82. The summed E-state index contributed by atoms with van der Waals surface area (Å²) in [5.41, 5.74) is 1.70. The molecule has 0 aliphatic carbocycles. The maximum absolute atomic E-state index is 12.9. The predicted molar refractivity (Wildman–Crippen MR) is 104 cm³/mol. The van der Waals surface area contributed by atoms with Crippen LogP contribution >= 0.6 is 0 Å². The Hall–Kier alpha value is -2.38. The van der Waals surface area contributed by atoms with Crippen molar-refractivity contribution in [2.24, 2.45) is 0 Å². The average Bonchev–Trinajstić information content (AvgIpc) is 3.33. The molecule has 1 amide bonds. The quantitative estimate of drug-likeness (QED) is 0.754. The van der Waals surface area contributed by atoms with E-state index < -0.39 is 18.3 Å². The van der Waals surface area contributed by atoms with E-state index in [2.05, 4.69) is 4.90 Å². The molecule has 0 unspecified atom stereocenters. The van der Waals surface area contributed by atoms with Gasteiger partial charge < -0.3 is 9.64 Å². The molecule has 158 valence electrons. The maximum Gasteiger partial charge on any atom is 0.393 e. The van der Waals surface area contributed by atoms with Gasteiger partial charge in [-0.05, 0) is 16.7 Å². The van der Waals surface area contributed by atoms with Crippen LogP contribution in [0.5, 0.6) is 0 Å². The van der Waals surface area contributed by atoms with Crippen molar-refractivity contribution in [3.63, 3.8) is 0 Å². The van der Waals surface area contributed by atoms with Crippen molar-refractivity contribution >= 4 is 5.91 Å². The summed E-state index contributed by atoms with van der Waals surface area (Å²) in [6.45, 7) is 1.88. The van der Waals surface area contributed by atoms with Crippen LogP contribution in [0.15, 0.2) is 54.6 Å². The van der Waals surface area contributed by atoms with Crippen molar-refractivity contribution in [3.05, 3.63) is 71.3 Å². The van der Waals surface area contributed by atoms with Crippen molar-refractivity contribution < 1.29 is 22.7 Å². The van der Waals surface area contributed by atoms with E-state index in [0.717, 1.165) is 24.1 Å². The highest BCUT2D eigenvalue weighted by Gasteiger charge is 2.64. The molecule has 2 aromatic rings. The lowest BCUT2D eigenvalue weighted by atomic mass is 10.0. The van der Waals surface area contributed by atoms with Gasteiger partial charge in [0.25, 0.3) is 0 Å². The molecule has 0 saturated carbocycles. The van der Waals surface area contributed by atoms with Gasteiger partial charge in [0.15, 0.2) is 5.72 Å². The Balaban J connectivity index is 1.32. The van der Waals surface area contributed by atoms with E-state index in [0.29, 0.717) is 19.6 Å². The van der Waals surface area contributed by atoms with Crippen LogP contribution in [0, 0.1) is 0 Å². The summed E-state index contributed by atoms with van der Waals surface area (Å²) in [5.74, 6) is 0.108. The lowest BCUT2D eigenvalue weighted by molar-refractivity contribution is -0.138. The fourth-order valence-corrected chi connectivity index (χ4v) is 5.27. The molecule has 30 heavy (non-hydrogen) atoms. The SMILES string of the molecule is O=C1C[C@H]2N(Cc3ccc(CC(F)(F)F)cc3)CC[C@]23OC[C@@H](c2ccccc2)N13. The monoisotopic (exact) mass is 416 g/mol. The van der Waals surface area contributed by atoms with Gasteiger partial charge in [-0.2, -0.15) is 13.2 Å². The number of amides is 1. The Morgan fingerprint density at radius 2 is 1.73 bits per heavy atom. The predicted octanol–water partition coefficient (Wildman–Crippen LogP) is 4.07. The molecule has 2 aromatic carbocycles. The number of likely N-dealkylation sites (tertiary alicyclic amines) is 1. The number of carbonyl (C=O) groups is 1. The molecule has 0 bridgehead atoms. The molecule has 1 spiro atoms. The molecule has 0 N–H and O–H groups in total. The highest BCUT2D eigenvalue weighted by atomic mass is 19.4. The maximum atomic E-state index is 12.9. The van der Waals surface area contributed by atoms with Crippen molar-refractivity contribution in [2.75, 3.05) is 13.2 Å². The molecule has 3 fully saturated rings. The highest BCUT2D eigenvalue weighted by Crippen LogP contribution is 2.51. The summed E-state index contributed by atoms with van der Waals surface area (Å²) < 4.78 is 44.0. The zero-order valence-electron chi connectivity index (χ0n) is 16.4. The van der Waals surface area contributed by atoms with Gasteiger partial charge in [0.05, 0.1) is 25.1 Å². The minimum Gasteiger partial charge on any atom is -0.351 e. The minimum atomic E-state index is -4.20. The normalized spacial score (nSPS) is 28.8. The fraction of sp³-hybridized carbons (Fsp3) is 0.435. The third-order valence-electron chi connectivity index (χ3n) is 6.56. The van der Waals surface area contributed by atoms with Crippen LogP contribution in [-0.4, -0.2) is 46.8 Å². The minimum absolute atomic E-state index is 0.0337. The first-order valence-corrected chi connectivity index (χ1v) is 10.3. The van der Waals surface area contributed by atoms with Crippen molar-refractivity contribution in [3.8, 4) is 0 Å². The number of rotatable bonds is 4. The molecule has 3 aliphatic rings. The van der Waals surface area contributed by atoms with Gasteiger partial charge in [-0.15, -0.1) is 0 Å². The number of benzene rings is 2. The van der Waals surface area contributed by atoms with Crippen LogP contribution in [0.2, 0.25) is 0 Å². The zero-order chi connectivity index (χ0) is 20.9. The van der Waals surface area contributed by atoms with Crippen molar-refractivity contribution in [1.82, 2.24) is 9.80 Å². The van der Waals surface area contributed by atoms with Crippen molar-refractivity contribution in [2.45, 2.75) is 49.8 Å². The summed E-state index contributed by atoms with van der Waals surface area (Å²) in [6.07, 6.45) is -3.96. The smallest absolute Gasteiger partial charge is 0.351 e. The van der Waals surface area contributed by atoms with E-state index in [9.17, 15) is 18.0 Å². The van der Waals surface area contributed by atoms with Crippen LogP contribution in [-0.2, 0) is 22.5 Å². The molecular formula is C23H23F3N2O2. The summed E-state index contributed by atoms with van der Waals surface area (Å²) >= 11 is 0. The van der Waals surface area contributed by atoms with Gasteiger partial charge in [0.2, 0.25) is 5.91 Å². The lowest BCUT2D eigenvalue weighted by Crippen LogP contribution is -2.48. The number of hydrogen-bond donors (Lipinski definition) is 0. The van der Waals surface area contributed by atoms with E-state index in [4.69, 9.17) is 4.74 Å². The van der Waals surface area contributed by atoms with Gasteiger partial charge in [0, 0.05) is 25.9 Å². The molecule has 3 saturated heterocycles. The number of ether oxygens (including phenoxy) is 1. The molecule has 3 heterocycles. The van der Waals surface area contributed by atoms with Gasteiger partial charge in [-0.3, -0.25) is 9.69 Å². The molecule has 3 aliphatic heterocycles. The molecule has 4 nitrogen and oxygen atoms in total. The Labute approximate surface area is 173 Å². The first-order chi connectivity index (χ1) is 14.4. The van der Waals surface area contributed by atoms with E-state index in [1.54, 1.807) is 12.1 Å². The van der Waals surface area contributed by atoms with Gasteiger partial charge in [0.1, 0.15) is 0 Å². The first kappa shape index (κ1) is 19.6. The number of hydrogen-bond acceptors (Lipinski definition) is 3. The van der Waals surface area contributed by atoms with Gasteiger partial charge >= 0.3 is 6.18 Å². The molecule has 3 atom stereocenters. The largest absolute Gasteiger partial charge is 0.393 e. The number of nitrogens with zero attached hydrogens (tertiary/aromatic N) is 2. The third-order valence-corrected chi connectivity index (χ3v) is 6.56. The van der Waals surface area contributed by atoms with Crippen LogP contribution in [0.1, 0.15) is 35.6 Å². The Morgan fingerprint density at radius 1 is 1.03 bits per heavy atom. The standard InChI is InChI=1S/C23H23F3N2O2/c24-23(25,26)13-16-6-8-17(9-7-16)14-27-11-10-22-20(27)12-21(29)28(22)19(15-30-22)18-4-2-1-3-5-18/h1-9,19-20H,10-15H2/t19-,20+,22-/m0/s1. The van der Waals surface area contributed by atoms with Gasteiger partial charge in [-0.1, -0.05) is 54.6 Å². The second-order valence-corrected chi connectivity index (χ2v) is 8.39. The lowest BCUT2D eigenvalue weighted by Gasteiger charge is -2.33. The van der Waals surface area contributed by atoms with Crippen LogP contribution in [0.4, 0.5) is 13.2 Å². The molecule has 7 heteroatoms. The van der Waals surface area contributed by atoms with Gasteiger partial charge in [-0.25, -0.2) is 0 Å².